The fraction of sp³-hybridized carbons (Fsp3) is 0.400. The van der Waals surface area contributed by atoms with Gasteiger partial charge in [-0.15, -0.1) is 0 Å². The van der Waals surface area contributed by atoms with Crippen molar-refractivity contribution in [3.8, 4) is 16.9 Å². The number of nitrogens with zero attached hydrogens (tertiary/aromatic N) is 1. The summed E-state index contributed by atoms with van der Waals surface area (Å²) in [7, 11) is -4.43. The molecule has 0 radical (unpaired) electrons. The van der Waals surface area contributed by atoms with Crippen molar-refractivity contribution in [3.63, 3.8) is 0 Å². The van der Waals surface area contributed by atoms with Gasteiger partial charge in [-0.1, -0.05) is 30.8 Å². The predicted octanol–water partition coefficient (Wildman–Crippen LogP) is 5.10. The van der Waals surface area contributed by atoms with Crippen molar-refractivity contribution in [1.82, 2.24) is 15.3 Å². The van der Waals surface area contributed by atoms with Gasteiger partial charge in [0.15, 0.2) is 11.9 Å². The Hall–Kier alpha value is -3.61. The summed E-state index contributed by atoms with van der Waals surface area (Å²) in [5.41, 5.74) is -0.394. The summed E-state index contributed by atoms with van der Waals surface area (Å²) >= 11 is 0. The molecule has 14 heteroatoms. The van der Waals surface area contributed by atoms with Crippen molar-refractivity contribution in [1.29, 1.82) is 0 Å². The fourth-order valence-electron chi connectivity index (χ4n) is 4.52. The summed E-state index contributed by atoms with van der Waals surface area (Å²) in [5, 5.41) is 15.7. The number of esters is 1. The van der Waals surface area contributed by atoms with E-state index in [1.165, 1.54) is 37.4 Å². The third-order valence-electron chi connectivity index (χ3n) is 6.96. The molecule has 2 aliphatic rings. The van der Waals surface area contributed by atoms with Gasteiger partial charge in [-0.25, -0.2) is 18.1 Å². The number of aliphatic hydroxyl groups excluding tert-OH is 1. The van der Waals surface area contributed by atoms with Crippen LogP contribution in [0.15, 0.2) is 67.0 Å². The molecule has 44 heavy (non-hydrogen) atoms. The van der Waals surface area contributed by atoms with E-state index >= 15 is 4.39 Å². The number of rotatable bonds is 11. The van der Waals surface area contributed by atoms with Gasteiger partial charge in [0.05, 0.1) is 12.7 Å². The Morgan fingerprint density at radius 3 is 2.50 bits per heavy atom. The van der Waals surface area contributed by atoms with Gasteiger partial charge in [-0.2, -0.15) is 5.09 Å². The Morgan fingerprint density at radius 2 is 1.89 bits per heavy atom. The normalized spacial score (nSPS) is 25.5. The standard InChI is InChI=1S/C30H36F2N3O8P/c1-17(2)41-27(37)20(5)34-44(39,43-23-11-9-21(10-12-23)22-8-7-18(3)24(31)15-22)40-16-25-26(36)30(6,32)28(42-25)35-14-13-19(4)33-29(35)38/h7-15,17,20,25-26,28,36H,4,16H2,1-3,5-6H3,(H,33,38)(H,34,39)/t20-,25+,26+,28+,30+,44?/m0/s1. The molecular formula is C30H36F2N3O8P. The second-order valence-electron chi connectivity index (χ2n) is 11.0. The molecule has 6 atom stereocenters. The molecule has 3 N–H and O–H groups in total. The average Bonchev–Trinajstić information content (AvgIpc) is 3.17. The number of allylic oxidation sites excluding steroid dienone is 1. The van der Waals surface area contributed by atoms with Crippen LogP contribution in [-0.4, -0.2) is 64.9 Å². The minimum Gasteiger partial charge on any atom is -0.462 e. The molecule has 1 saturated heterocycles. The molecule has 2 heterocycles. The average molecular weight is 636 g/mol. The molecule has 0 aliphatic carbocycles. The van der Waals surface area contributed by atoms with Crippen molar-refractivity contribution in [2.75, 3.05) is 6.61 Å². The molecule has 1 fully saturated rings. The molecule has 2 aliphatic heterocycles. The quantitative estimate of drug-likeness (QED) is 0.228. The van der Waals surface area contributed by atoms with E-state index in [1.54, 1.807) is 45.0 Å². The summed E-state index contributed by atoms with van der Waals surface area (Å²) in [6.07, 6.45) is -2.50. The van der Waals surface area contributed by atoms with Crippen LogP contribution in [0.25, 0.3) is 11.1 Å². The molecule has 1 unspecified atom stereocenters. The first-order valence-corrected chi connectivity index (χ1v) is 15.4. The fourth-order valence-corrected chi connectivity index (χ4v) is 6.02. The number of aliphatic hydroxyl groups is 1. The molecule has 0 aromatic heterocycles. The predicted molar refractivity (Wildman–Crippen MR) is 157 cm³/mol. The van der Waals surface area contributed by atoms with Crippen LogP contribution in [0.2, 0.25) is 0 Å². The van der Waals surface area contributed by atoms with Crippen molar-refractivity contribution in [3.05, 3.63) is 78.4 Å². The molecule has 11 nitrogen and oxygen atoms in total. The number of hydrogen-bond acceptors (Lipinski definition) is 8. The molecule has 0 bridgehead atoms. The number of hydrogen-bond donors (Lipinski definition) is 3. The summed E-state index contributed by atoms with van der Waals surface area (Å²) < 4.78 is 65.9. The molecule has 0 spiro atoms. The van der Waals surface area contributed by atoms with E-state index in [-0.39, 0.29) is 11.6 Å². The number of alkyl halides is 1. The number of halogens is 2. The van der Waals surface area contributed by atoms with Gasteiger partial charge in [-0.05, 0) is 75.6 Å². The SMILES string of the molecule is C=C1C=CN([C@@H]2O[C@H](COP(=O)(N[C@@H](C)C(=O)OC(C)C)Oc3ccc(-c4ccc(C)c(F)c4)cc3)[C@@H](O)[C@@]2(C)F)C(=O)N1. The first kappa shape index (κ1) is 33.3. The van der Waals surface area contributed by atoms with Crippen LogP contribution >= 0.6 is 7.75 Å². The van der Waals surface area contributed by atoms with Crippen LogP contribution in [0.5, 0.6) is 5.75 Å². The lowest BCUT2D eigenvalue weighted by molar-refractivity contribution is -0.149. The van der Waals surface area contributed by atoms with Gasteiger partial charge in [0.25, 0.3) is 0 Å². The number of aryl methyl sites for hydroxylation is 1. The van der Waals surface area contributed by atoms with Crippen LogP contribution in [0.1, 0.15) is 33.3 Å². The van der Waals surface area contributed by atoms with E-state index in [0.717, 1.165) is 11.8 Å². The maximum atomic E-state index is 15.7. The number of carbonyl (C=O) groups excluding carboxylic acids is 2. The van der Waals surface area contributed by atoms with Gasteiger partial charge in [-0.3, -0.25) is 14.2 Å². The second-order valence-corrected chi connectivity index (χ2v) is 12.7. The summed E-state index contributed by atoms with van der Waals surface area (Å²) in [6.45, 7) is 10.4. The third kappa shape index (κ3) is 7.54. The molecule has 2 aromatic rings. The van der Waals surface area contributed by atoms with E-state index in [1.807, 2.05) is 0 Å². The molecule has 2 aromatic carbocycles. The topological polar surface area (TPSA) is 136 Å². The van der Waals surface area contributed by atoms with Crippen molar-refractivity contribution in [2.45, 2.75) is 70.9 Å². The zero-order chi connectivity index (χ0) is 32.4. The highest BCUT2D eigenvalue weighted by atomic mass is 31.2. The van der Waals surface area contributed by atoms with Crippen molar-refractivity contribution in [2.24, 2.45) is 0 Å². The van der Waals surface area contributed by atoms with E-state index in [0.29, 0.717) is 22.4 Å². The maximum absolute atomic E-state index is 15.7. The summed E-state index contributed by atoms with van der Waals surface area (Å²) in [4.78, 5) is 25.8. The lowest BCUT2D eigenvalue weighted by Crippen LogP contribution is -2.53. The van der Waals surface area contributed by atoms with Crippen LogP contribution in [-0.2, 0) is 23.4 Å². The molecule has 2 amide bonds. The van der Waals surface area contributed by atoms with Gasteiger partial charge in [0, 0.05) is 11.9 Å². The summed E-state index contributed by atoms with van der Waals surface area (Å²) in [5.74, 6) is -1.03. The number of urea groups is 1. The zero-order valence-electron chi connectivity index (χ0n) is 25.0. The molecule has 238 valence electrons. The Bertz CT molecular complexity index is 1480. The molecule has 0 saturated carbocycles. The van der Waals surface area contributed by atoms with E-state index < -0.39 is 62.6 Å². The maximum Gasteiger partial charge on any atom is 0.459 e. The number of amides is 2. The lowest BCUT2D eigenvalue weighted by atomic mass is 9.98. The Morgan fingerprint density at radius 1 is 1.23 bits per heavy atom. The van der Waals surface area contributed by atoms with Gasteiger partial charge in [0.1, 0.15) is 29.8 Å². The zero-order valence-corrected chi connectivity index (χ0v) is 25.8. The van der Waals surface area contributed by atoms with Crippen LogP contribution < -0.4 is 14.9 Å². The van der Waals surface area contributed by atoms with Crippen molar-refractivity contribution >= 4 is 19.7 Å². The molecular weight excluding hydrogens is 599 g/mol. The Balaban J connectivity index is 1.53. The van der Waals surface area contributed by atoms with Crippen LogP contribution in [0.4, 0.5) is 13.6 Å². The minimum absolute atomic E-state index is 0.0676. The van der Waals surface area contributed by atoms with Gasteiger partial charge < -0.3 is 24.4 Å². The lowest BCUT2D eigenvalue weighted by Gasteiger charge is -2.33. The molecule has 4 rings (SSSR count). The second kappa shape index (κ2) is 13.2. The highest BCUT2D eigenvalue weighted by Crippen LogP contribution is 2.47. The number of carbonyl (C=O) groups is 2. The smallest absolute Gasteiger partial charge is 0.459 e. The largest absolute Gasteiger partial charge is 0.462 e. The summed E-state index contributed by atoms with van der Waals surface area (Å²) in [6, 6.07) is 9.11. The van der Waals surface area contributed by atoms with Crippen LogP contribution in [0, 0.1) is 12.7 Å². The highest BCUT2D eigenvalue weighted by Gasteiger charge is 2.57. The number of benzene rings is 2. The minimum atomic E-state index is -4.43. The highest BCUT2D eigenvalue weighted by molar-refractivity contribution is 7.52. The first-order valence-electron chi connectivity index (χ1n) is 13.9. The number of ether oxygens (including phenoxy) is 2. The van der Waals surface area contributed by atoms with E-state index in [9.17, 15) is 23.7 Å². The van der Waals surface area contributed by atoms with E-state index in [2.05, 4.69) is 17.0 Å². The monoisotopic (exact) mass is 635 g/mol. The van der Waals surface area contributed by atoms with E-state index in [4.69, 9.17) is 18.5 Å². The Labute approximate surface area is 254 Å². The van der Waals surface area contributed by atoms with Gasteiger partial charge in [0.2, 0.25) is 0 Å². The van der Waals surface area contributed by atoms with Crippen LogP contribution in [0.3, 0.4) is 0 Å². The third-order valence-corrected chi connectivity index (χ3v) is 8.60. The van der Waals surface area contributed by atoms with Gasteiger partial charge >= 0.3 is 19.7 Å². The first-order chi connectivity index (χ1) is 20.6. The van der Waals surface area contributed by atoms with Crippen molar-refractivity contribution < 1.29 is 46.6 Å². The Kier molecular flexibility index (Phi) is 9.96. The number of nitrogens with one attached hydrogen (secondary N) is 2.